The predicted molar refractivity (Wildman–Crippen MR) is 18.3 cm³/mol. The minimum absolute atomic E-state index is 0.583. The second-order valence-electron chi connectivity index (χ2n) is 1.14. The third kappa shape index (κ3) is 0.232. The zero-order valence-corrected chi connectivity index (χ0v) is 2.69. The average molecular weight is 55.9 g/mol. The minimum Gasteiger partial charge on any atom is -0.383 e. The van der Waals surface area contributed by atoms with E-state index in [0.29, 0.717) is 6.00 Å². The Hall–Kier alpha value is 0.0249. The number of epoxide rings is 1. The zero-order valence-electron chi connectivity index (χ0n) is 2.69. The fourth-order valence-corrected chi connectivity index (χ4v) is 0.0962. The molecule has 22 valence electrons. The van der Waals surface area contributed by atoms with Gasteiger partial charge in [-0.2, -0.15) is 0 Å². The molecule has 1 atom stereocenters. The molecule has 0 radical (unpaired) electrons. The molecule has 1 unspecified atom stereocenters. The lowest BCUT2D eigenvalue weighted by molar-refractivity contribution is 0.457. The lowest BCUT2D eigenvalue weighted by atomic mass is 10.1. The van der Waals surface area contributed by atoms with Crippen molar-refractivity contribution >= 4 is 7.85 Å². The summed E-state index contributed by atoms with van der Waals surface area (Å²) in [5.74, 6) is 0. The fraction of sp³-hybridized carbons (Fsp3) is 1.00. The number of ether oxygens (including phenoxy) is 1. The third-order valence-electron chi connectivity index (χ3n) is 0.500. The first-order valence-corrected chi connectivity index (χ1v) is 1.51. The Balaban J connectivity index is 2.17. The quantitative estimate of drug-likeness (QED) is 0.255. The first kappa shape index (κ1) is 2.27. The molecule has 1 saturated heterocycles. The molecule has 1 aliphatic heterocycles. The largest absolute Gasteiger partial charge is 0.383 e. The van der Waals surface area contributed by atoms with Crippen molar-refractivity contribution in [2.75, 3.05) is 6.61 Å². The van der Waals surface area contributed by atoms with Crippen molar-refractivity contribution < 1.29 is 4.74 Å². The van der Waals surface area contributed by atoms with E-state index < -0.39 is 0 Å². The van der Waals surface area contributed by atoms with Crippen LogP contribution in [0.25, 0.3) is 0 Å². The molecule has 1 fully saturated rings. The Morgan fingerprint density at radius 3 is 2.25 bits per heavy atom. The van der Waals surface area contributed by atoms with Gasteiger partial charge in [-0.3, -0.25) is 0 Å². The summed E-state index contributed by atoms with van der Waals surface area (Å²) in [6, 6.07) is 0.583. The van der Waals surface area contributed by atoms with Crippen molar-refractivity contribution in [2.45, 2.75) is 6.00 Å². The maximum absolute atomic E-state index is 4.71. The molecule has 1 heterocycles. The van der Waals surface area contributed by atoms with Gasteiger partial charge in [-0.15, -0.1) is 0 Å². The van der Waals surface area contributed by atoms with Crippen molar-refractivity contribution in [1.29, 1.82) is 0 Å². The summed E-state index contributed by atoms with van der Waals surface area (Å²) in [5, 5.41) is 0. The summed E-state index contributed by atoms with van der Waals surface area (Å²) in [6.07, 6.45) is 0. The molecule has 0 spiro atoms. The van der Waals surface area contributed by atoms with E-state index in [4.69, 9.17) is 4.74 Å². The van der Waals surface area contributed by atoms with Crippen molar-refractivity contribution in [1.82, 2.24) is 0 Å². The standard InChI is InChI=1S/C2H5BO/c3-2-1-4-2/h2H,1,3H2. The number of hydrogen-bond donors (Lipinski definition) is 0. The van der Waals surface area contributed by atoms with Crippen LogP contribution in [0.5, 0.6) is 0 Å². The topological polar surface area (TPSA) is 12.5 Å². The highest BCUT2D eigenvalue weighted by Gasteiger charge is 2.13. The van der Waals surface area contributed by atoms with Crippen LogP contribution < -0.4 is 0 Å². The van der Waals surface area contributed by atoms with Crippen molar-refractivity contribution in [3.63, 3.8) is 0 Å². The molecule has 0 aliphatic carbocycles. The maximum atomic E-state index is 4.71. The highest BCUT2D eigenvalue weighted by Crippen LogP contribution is 1.99. The molecule has 0 N–H and O–H groups in total. The van der Waals surface area contributed by atoms with E-state index in [1.165, 1.54) is 0 Å². The van der Waals surface area contributed by atoms with Crippen LogP contribution in [0.2, 0.25) is 0 Å². The van der Waals surface area contributed by atoms with Crippen LogP contribution in [0, 0.1) is 0 Å². The van der Waals surface area contributed by atoms with Gasteiger partial charge in [-0.1, -0.05) is 0 Å². The fourth-order valence-electron chi connectivity index (χ4n) is 0.0962. The highest BCUT2D eigenvalue weighted by atomic mass is 16.6. The van der Waals surface area contributed by atoms with Crippen LogP contribution in [0.15, 0.2) is 0 Å². The predicted octanol–water partition coefficient (Wildman–Crippen LogP) is -1.02. The molecular weight excluding hydrogens is 50.8 g/mol. The average Bonchev–Trinajstić information content (AvgIpc) is 1.75. The van der Waals surface area contributed by atoms with Crippen LogP contribution in [-0.4, -0.2) is 20.5 Å². The minimum atomic E-state index is 0.583. The normalized spacial score (nSPS) is 39.5. The van der Waals surface area contributed by atoms with Gasteiger partial charge in [0.05, 0.1) is 6.61 Å². The van der Waals surface area contributed by atoms with E-state index in [0.717, 1.165) is 6.61 Å². The van der Waals surface area contributed by atoms with E-state index >= 15 is 0 Å². The molecule has 1 rings (SSSR count). The summed E-state index contributed by atoms with van der Waals surface area (Å²) in [6.45, 7) is 0.986. The third-order valence-corrected chi connectivity index (χ3v) is 0.500. The van der Waals surface area contributed by atoms with Gasteiger partial charge in [0.1, 0.15) is 7.85 Å². The molecular formula is C2H5BO. The van der Waals surface area contributed by atoms with Crippen LogP contribution in [0.1, 0.15) is 0 Å². The molecule has 1 aliphatic rings. The van der Waals surface area contributed by atoms with Crippen molar-refractivity contribution in [2.24, 2.45) is 0 Å². The highest BCUT2D eigenvalue weighted by molar-refractivity contribution is 6.12. The maximum Gasteiger partial charge on any atom is 0.142 e. The van der Waals surface area contributed by atoms with Crippen LogP contribution in [-0.2, 0) is 4.74 Å². The molecule has 0 saturated carbocycles. The van der Waals surface area contributed by atoms with Crippen LogP contribution in [0.4, 0.5) is 0 Å². The summed E-state index contributed by atoms with van der Waals surface area (Å²) in [4.78, 5) is 0. The number of hydrogen-bond acceptors (Lipinski definition) is 1. The van der Waals surface area contributed by atoms with Gasteiger partial charge in [0.2, 0.25) is 0 Å². The Kier molecular flexibility index (Phi) is 0.279. The van der Waals surface area contributed by atoms with Crippen molar-refractivity contribution in [3.8, 4) is 0 Å². The summed E-state index contributed by atoms with van der Waals surface area (Å²) in [7, 11) is 2.06. The second-order valence-corrected chi connectivity index (χ2v) is 1.14. The molecule has 0 aromatic rings. The first-order valence-electron chi connectivity index (χ1n) is 1.51. The lowest BCUT2D eigenvalue weighted by Crippen LogP contribution is -1.72. The van der Waals surface area contributed by atoms with Gasteiger partial charge in [0.25, 0.3) is 0 Å². The summed E-state index contributed by atoms with van der Waals surface area (Å²) < 4.78 is 4.71. The van der Waals surface area contributed by atoms with Gasteiger partial charge in [-0.25, -0.2) is 0 Å². The van der Waals surface area contributed by atoms with Crippen LogP contribution >= 0.6 is 0 Å². The van der Waals surface area contributed by atoms with Gasteiger partial charge in [-0.05, 0) is 0 Å². The van der Waals surface area contributed by atoms with Gasteiger partial charge < -0.3 is 4.74 Å². The lowest BCUT2D eigenvalue weighted by Gasteiger charge is -1.49. The van der Waals surface area contributed by atoms with Crippen molar-refractivity contribution in [3.05, 3.63) is 0 Å². The molecule has 4 heavy (non-hydrogen) atoms. The number of rotatable bonds is 0. The molecule has 0 aromatic heterocycles. The van der Waals surface area contributed by atoms with Gasteiger partial charge >= 0.3 is 0 Å². The summed E-state index contributed by atoms with van der Waals surface area (Å²) >= 11 is 0. The van der Waals surface area contributed by atoms with E-state index in [9.17, 15) is 0 Å². The first-order chi connectivity index (χ1) is 1.89. The smallest absolute Gasteiger partial charge is 0.142 e. The Morgan fingerprint density at radius 1 is 2.00 bits per heavy atom. The molecule has 2 heteroatoms. The molecule has 1 nitrogen and oxygen atoms in total. The van der Waals surface area contributed by atoms with Gasteiger partial charge in [0, 0.05) is 6.00 Å². The van der Waals surface area contributed by atoms with Crippen LogP contribution in [0.3, 0.4) is 0 Å². The monoisotopic (exact) mass is 56.0 g/mol. The molecule has 0 amide bonds. The second kappa shape index (κ2) is 0.491. The molecule has 0 aromatic carbocycles. The SMILES string of the molecule is BC1CO1. The Labute approximate surface area is 26.4 Å². The van der Waals surface area contributed by atoms with E-state index in [1.54, 1.807) is 0 Å². The van der Waals surface area contributed by atoms with E-state index in [2.05, 4.69) is 7.85 Å². The Morgan fingerprint density at radius 2 is 2.25 bits per heavy atom. The summed E-state index contributed by atoms with van der Waals surface area (Å²) in [5.41, 5.74) is 0. The zero-order chi connectivity index (χ0) is 2.99. The van der Waals surface area contributed by atoms with E-state index in [-0.39, 0.29) is 0 Å². The van der Waals surface area contributed by atoms with E-state index in [1.807, 2.05) is 0 Å². The van der Waals surface area contributed by atoms with Gasteiger partial charge in [0.15, 0.2) is 0 Å². The Bertz CT molecular complexity index is 25.2. The molecule has 0 bridgehead atoms.